The summed E-state index contributed by atoms with van der Waals surface area (Å²) in [6.07, 6.45) is -0.940. The summed E-state index contributed by atoms with van der Waals surface area (Å²) in [5, 5.41) is 6.67. The molecule has 2 aromatic heterocycles. The number of aromatic nitrogens is 3. The molecule has 4 aromatic rings. The SMILES string of the molecule is O=C(Nc1ccccc1Cc1nc(-c2cccnc2)no1)c1ccc(C(F)(F)F)cc1. The van der Waals surface area contributed by atoms with Gasteiger partial charge in [0.05, 0.1) is 12.0 Å². The highest BCUT2D eigenvalue weighted by Gasteiger charge is 2.30. The number of rotatable bonds is 5. The van der Waals surface area contributed by atoms with Gasteiger partial charge in [0.25, 0.3) is 5.91 Å². The fourth-order valence-corrected chi connectivity index (χ4v) is 2.90. The highest BCUT2D eigenvalue weighted by molar-refractivity contribution is 6.04. The van der Waals surface area contributed by atoms with Crippen LogP contribution in [0.5, 0.6) is 0 Å². The van der Waals surface area contributed by atoms with Crippen molar-refractivity contribution in [2.75, 3.05) is 5.32 Å². The van der Waals surface area contributed by atoms with Crippen LogP contribution in [0.1, 0.15) is 27.4 Å². The van der Waals surface area contributed by atoms with Gasteiger partial charge >= 0.3 is 6.18 Å². The first-order valence-corrected chi connectivity index (χ1v) is 9.19. The zero-order chi connectivity index (χ0) is 21.8. The zero-order valence-electron chi connectivity index (χ0n) is 15.9. The fraction of sp³-hybridized carbons (Fsp3) is 0.0909. The number of anilines is 1. The van der Waals surface area contributed by atoms with Gasteiger partial charge in [-0.3, -0.25) is 9.78 Å². The minimum atomic E-state index is -4.46. The van der Waals surface area contributed by atoms with Gasteiger partial charge in [0.1, 0.15) is 0 Å². The quantitative estimate of drug-likeness (QED) is 0.488. The lowest BCUT2D eigenvalue weighted by Crippen LogP contribution is -2.14. The number of para-hydroxylation sites is 1. The summed E-state index contributed by atoms with van der Waals surface area (Å²) in [7, 11) is 0. The van der Waals surface area contributed by atoms with Crippen molar-refractivity contribution in [3.05, 3.63) is 95.6 Å². The Morgan fingerprint density at radius 2 is 1.77 bits per heavy atom. The van der Waals surface area contributed by atoms with E-state index >= 15 is 0 Å². The molecule has 9 heteroatoms. The van der Waals surface area contributed by atoms with Crippen molar-refractivity contribution < 1.29 is 22.5 Å². The molecule has 2 heterocycles. The minimum Gasteiger partial charge on any atom is -0.339 e. The van der Waals surface area contributed by atoms with E-state index < -0.39 is 17.6 Å². The predicted molar refractivity (Wildman–Crippen MR) is 106 cm³/mol. The van der Waals surface area contributed by atoms with Crippen molar-refractivity contribution in [1.82, 2.24) is 15.1 Å². The first-order valence-electron chi connectivity index (χ1n) is 9.19. The van der Waals surface area contributed by atoms with E-state index in [-0.39, 0.29) is 12.0 Å². The zero-order valence-corrected chi connectivity index (χ0v) is 15.9. The van der Waals surface area contributed by atoms with Crippen molar-refractivity contribution in [2.45, 2.75) is 12.6 Å². The van der Waals surface area contributed by atoms with E-state index in [1.54, 1.807) is 48.8 Å². The van der Waals surface area contributed by atoms with Gasteiger partial charge in [-0.15, -0.1) is 0 Å². The maximum absolute atomic E-state index is 12.7. The summed E-state index contributed by atoms with van der Waals surface area (Å²) >= 11 is 0. The van der Waals surface area contributed by atoms with E-state index in [0.717, 1.165) is 24.3 Å². The Bertz CT molecular complexity index is 1190. The number of hydrogen-bond acceptors (Lipinski definition) is 5. The van der Waals surface area contributed by atoms with Crippen LogP contribution in [0.15, 0.2) is 77.6 Å². The second-order valence-electron chi connectivity index (χ2n) is 6.62. The summed E-state index contributed by atoms with van der Waals surface area (Å²) < 4.78 is 43.4. The average Bonchev–Trinajstić information content (AvgIpc) is 3.24. The largest absolute Gasteiger partial charge is 0.416 e. The van der Waals surface area contributed by atoms with Crippen molar-refractivity contribution in [2.24, 2.45) is 0 Å². The number of nitrogens with zero attached hydrogens (tertiary/aromatic N) is 3. The van der Waals surface area contributed by atoms with Gasteiger partial charge < -0.3 is 9.84 Å². The summed E-state index contributed by atoms with van der Waals surface area (Å²) in [5.74, 6) is 0.215. The number of nitrogens with one attached hydrogen (secondary N) is 1. The molecule has 0 atom stereocenters. The van der Waals surface area contributed by atoms with Gasteiger partial charge in [-0.05, 0) is 48.0 Å². The van der Waals surface area contributed by atoms with Crippen LogP contribution >= 0.6 is 0 Å². The lowest BCUT2D eigenvalue weighted by molar-refractivity contribution is -0.137. The Hall–Kier alpha value is -4.01. The third-order valence-corrected chi connectivity index (χ3v) is 4.47. The first-order chi connectivity index (χ1) is 14.9. The number of benzene rings is 2. The van der Waals surface area contributed by atoms with E-state index in [4.69, 9.17) is 4.52 Å². The molecule has 1 N–H and O–H groups in total. The van der Waals surface area contributed by atoms with Crippen molar-refractivity contribution in [3.8, 4) is 11.4 Å². The second kappa shape index (κ2) is 8.39. The Balaban J connectivity index is 1.50. The van der Waals surface area contributed by atoms with Crippen LogP contribution in [-0.4, -0.2) is 21.0 Å². The number of pyridine rings is 1. The molecule has 0 spiro atoms. The number of alkyl halides is 3. The summed E-state index contributed by atoms with van der Waals surface area (Å²) in [4.78, 5) is 20.9. The molecule has 0 radical (unpaired) electrons. The van der Waals surface area contributed by atoms with Crippen LogP contribution < -0.4 is 5.32 Å². The van der Waals surface area contributed by atoms with Gasteiger partial charge in [0, 0.05) is 29.2 Å². The summed E-state index contributed by atoms with van der Waals surface area (Å²) in [5.41, 5.74) is 1.21. The molecular formula is C22H15F3N4O2. The molecule has 0 fully saturated rings. The first kappa shape index (κ1) is 20.3. The molecule has 31 heavy (non-hydrogen) atoms. The van der Waals surface area contributed by atoms with Gasteiger partial charge in [-0.1, -0.05) is 23.4 Å². The molecule has 156 valence electrons. The van der Waals surface area contributed by atoms with E-state index in [1.807, 2.05) is 0 Å². The molecule has 0 saturated heterocycles. The van der Waals surface area contributed by atoms with Crippen LogP contribution in [0.4, 0.5) is 18.9 Å². The molecule has 0 aliphatic carbocycles. The maximum atomic E-state index is 12.7. The number of amides is 1. The van der Waals surface area contributed by atoms with Crippen LogP contribution in [0.2, 0.25) is 0 Å². The molecule has 0 aliphatic heterocycles. The van der Waals surface area contributed by atoms with Crippen molar-refractivity contribution in [3.63, 3.8) is 0 Å². The molecule has 0 saturated carbocycles. The van der Waals surface area contributed by atoms with Gasteiger partial charge in [-0.2, -0.15) is 18.2 Å². The molecule has 0 aliphatic rings. The van der Waals surface area contributed by atoms with Gasteiger partial charge in [0.2, 0.25) is 11.7 Å². The Labute approximate surface area is 174 Å². The predicted octanol–water partition coefficient (Wildman–Crippen LogP) is 4.99. The molecule has 0 bridgehead atoms. The van der Waals surface area contributed by atoms with Gasteiger partial charge in [-0.25, -0.2) is 0 Å². The highest BCUT2D eigenvalue weighted by Crippen LogP contribution is 2.29. The topological polar surface area (TPSA) is 80.9 Å². The summed E-state index contributed by atoms with van der Waals surface area (Å²) in [6, 6.07) is 14.6. The normalized spacial score (nSPS) is 11.3. The number of carbonyl (C=O) groups excluding carboxylic acids is 1. The standard InChI is InChI=1S/C22H15F3N4O2/c23-22(24,25)17-9-7-14(8-10-17)21(30)27-18-6-2-1-4-15(18)12-19-28-20(29-31-19)16-5-3-11-26-13-16/h1-11,13H,12H2,(H,27,30). The number of carbonyl (C=O) groups is 1. The van der Waals surface area contributed by atoms with E-state index in [2.05, 4.69) is 20.4 Å². The summed E-state index contributed by atoms with van der Waals surface area (Å²) in [6.45, 7) is 0. The molecule has 4 rings (SSSR count). The van der Waals surface area contributed by atoms with Crippen molar-refractivity contribution >= 4 is 11.6 Å². The molecule has 2 aromatic carbocycles. The van der Waals surface area contributed by atoms with Crippen molar-refractivity contribution in [1.29, 1.82) is 0 Å². The number of halogens is 3. The maximum Gasteiger partial charge on any atom is 0.416 e. The smallest absolute Gasteiger partial charge is 0.339 e. The van der Waals surface area contributed by atoms with Crippen LogP contribution in [-0.2, 0) is 12.6 Å². The van der Waals surface area contributed by atoms with Crippen LogP contribution in [0, 0.1) is 0 Å². The third-order valence-electron chi connectivity index (χ3n) is 4.47. The number of hydrogen-bond donors (Lipinski definition) is 1. The lowest BCUT2D eigenvalue weighted by Gasteiger charge is -2.11. The average molecular weight is 424 g/mol. The second-order valence-corrected chi connectivity index (χ2v) is 6.62. The Morgan fingerprint density at radius 3 is 2.48 bits per heavy atom. The fourth-order valence-electron chi connectivity index (χ4n) is 2.90. The van der Waals surface area contributed by atoms with E-state index in [1.165, 1.54) is 0 Å². The molecular weight excluding hydrogens is 409 g/mol. The van der Waals surface area contributed by atoms with E-state index in [0.29, 0.717) is 28.5 Å². The Kier molecular flexibility index (Phi) is 5.48. The molecule has 1 amide bonds. The highest BCUT2D eigenvalue weighted by atomic mass is 19.4. The third kappa shape index (κ3) is 4.77. The monoisotopic (exact) mass is 424 g/mol. The van der Waals surface area contributed by atoms with Crippen LogP contribution in [0.25, 0.3) is 11.4 Å². The molecule has 0 unspecified atom stereocenters. The Morgan fingerprint density at radius 1 is 1.00 bits per heavy atom. The van der Waals surface area contributed by atoms with Crippen LogP contribution in [0.3, 0.4) is 0 Å². The van der Waals surface area contributed by atoms with E-state index in [9.17, 15) is 18.0 Å². The lowest BCUT2D eigenvalue weighted by atomic mass is 10.1. The minimum absolute atomic E-state index is 0.111. The van der Waals surface area contributed by atoms with Gasteiger partial charge in [0.15, 0.2) is 0 Å². The molecule has 6 nitrogen and oxygen atoms in total.